The van der Waals surface area contributed by atoms with E-state index in [1.165, 1.54) is 0 Å². The van der Waals surface area contributed by atoms with Crippen LogP contribution in [0.4, 0.5) is 11.4 Å². The molecule has 0 aliphatic carbocycles. The monoisotopic (exact) mass is 583 g/mol. The number of likely N-dealkylation sites (tertiary alicyclic amines) is 1. The fourth-order valence-electron chi connectivity index (χ4n) is 6.86. The van der Waals surface area contributed by atoms with Crippen molar-refractivity contribution >= 4 is 40.9 Å². The van der Waals surface area contributed by atoms with E-state index in [4.69, 9.17) is 4.74 Å². The van der Waals surface area contributed by atoms with Gasteiger partial charge < -0.3 is 24.5 Å². The highest BCUT2D eigenvalue weighted by atomic mass is 32.2. The Bertz CT molecular complexity index is 1110. The van der Waals surface area contributed by atoms with Crippen LogP contribution in [0.2, 0.25) is 0 Å². The Labute approximate surface area is 248 Å². The first-order chi connectivity index (χ1) is 19.9. The molecule has 5 atom stereocenters. The minimum absolute atomic E-state index is 0.0210. The van der Waals surface area contributed by atoms with E-state index in [1.54, 1.807) is 33.7 Å². The molecule has 0 aromatic heterocycles. The number of fused-ring (bicyclic) bond motifs is 1. The summed E-state index contributed by atoms with van der Waals surface area (Å²) in [6, 6.07) is 7.27. The molecule has 2 bridgehead atoms. The third-order valence-corrected chi connectivity index (χ3v) is 10.7. The molecule has 3 aliphatic heterocycles. The summed E-state index contributed by atoms with van der Waals surface area (Å²) in [6.45, 7) is 14.6. The van der Waals surface area contributed by atoms with Gasteiger partial charge in [0.15, 0.2) is 0 Å². The number of unbranched alkanes of at least 4 members (excludes halogenated alkanes) is 2. The van der Waals surface area contributed by atoms with E-state index in [0.717, 1.165) is 37.3 Å². The number of carbonyl (C=O) groups is 3. The Morgan fingerprint density at radius 3 is 2.46 bits per heavy atom. The minimum Gasteiger partial charge on any atom is -0.465 e. The average Bonchev–Trinajstić information content (AvgIpc) is 3.62. The third kappa shape index (κ3) is 5.93. The van der Waals surface area contributed by atoms with Crippen molar-refractivity contribution in [3.8, 4) is 0 Å². The van der Waals surface area contributed by atoms with Crippen molar-refractivity contribution in [3.05, 3.63) is 49.6 Å². The van der Waals surface area contributed by atoms with Gasteiger partial charge in [0.05, 0.1) is 23.2 Å². The average molecular weight is 584 g/mol. The molecule has 0 radical (unpaired) electrons. The van der Waals surface area contributed by atoms with Gasteiger partial charge >= 0.3 is 5.97 Å². The number of aliphatic hydroxyl groups excluding tert-OH is 1. The molecule has 41 heavy (non-hydrogen) atoms. The van der Waals surface area contributed by atoms with E-state index >= 15 is 0 Å². The number of hydrogen-bond acceptors (Lipinski definition) is 7. The normalized spacial score (nSPS) is 26.1. The second-order valence-corrected chi connectivity index (χ2v) is 12.6. The molecule has 2 unspecified atom stereocenters. The summed E-state index contributed by atoms with van der Waals surface area (Å²) in [5.41, 5.74) is 1.84. The van der Waals surface area contributed by atoms with E-state index in [2.05, 4.69) is 31.9 Å². The SMILES string of the molecule is C=CCCCOC(=O)[C@@H]1[C@H]2C(=O)N(CCCCO)C(C(=O)N(CC=C)c3ccc(N(CC)CC)cc3)C23CC[C@H]1S3. The van der Waals surface area contributed by atoms with Crippen LogP contribution in [0.5, 0.6) is 0 Å². The number of hydrogen-bond donors (Lipinski definition) is 1. The highest BCUT2D eigenvalue weighted by molar-refractivity contribution is 8.02. The molecule has 1 spiro atoms. The second kappa shape index (κ2) is 13.9. The molecule has 224 valence electrons. The number of rotatable bonds is 16. The molecule has 1 aromatic rings. The maximum atomic E-state index is 14.6. The first-order valence-corrected chi connectivity index (χ1v) is 15.9. The lowest BCUT2D eigenvalue weighted by Crippen LogP contribution is -2.55. The van der Waals surface area contributed by atoms with Crippen molar-refractivity contribution in [2.75, 3.05) is 49.2 Å². The van der Waals surface area contributed by atoms with Crippen molar-refractivity contribution in [3.63, 3.8) is 0 Å². The molecule has 9 heteroatoms. The van der Waals surface area contributed by atoms with Gasteiger partial charge in [0.1, 0.15) is 6.04 Å². The topological polar surface area (TPSA) is 90.4 Å². The van der Waals surface area contributed by atoms with E-state index in [0.29, 0.717) is 45.4 Å². The van der Waals surface area contributed by atoms with Crippen LogP contribution in [0.3, 0.4) is 0 Å². The second-order valence-electron chi connectivity index (χ2n) is 11.0. The summed E-state index contributed by atoms with van der Waals surface area (Å²) in [5.74, 6) is -1.75. The number of esters is 1. The van der Waals surface area contributed by atoms with Crippen molar-refractivity contribution in [2.45, 2.75) is 68.4 Å². The minimum atomic E-state index is -0.699. The van der Waals surface area contributed by atoms with Gasteiger partial charge in [-0.15, -0.1) is 24.9 Å². The molecule has 3 aliphatic rings. The standard InChI is InChI=1S/C32H45N3O5S/c1-5-9-12-22-40-31(39)26-25-17-18-32(41-25)27(26)29(37)35(20-10-11-21-36)28(32)30(38)34(19-6-2)24-15-13-23(14-16-24)33(7-3)8-4/h5-6,13-16,25-28,36H,1-2,7-12,17-22H2,3-4H3/t25-,26+,27+,28?,32?/m1/s1. The van der Waals surface area contributed by atoms with Crippen LogP contribution >= 0.6 is 11.8 Å². The fourth-order valence-corrected chi connectivity index (χ4v) is 9.06. The number of benzene rings is 1. The number of anilines is 2. The molecule has 0 saturated carbocycles. The van der Waals surface area contributed by atoms with E-state index in [-0.39, 0.29) is 29.6 Å². The molecular formula is C32H45N3O5S. The Morgan fingerprint density at radius 1 is 1.12 bits per heavy atom. The van der Waals surface area contributed by atoms with Gasteiger partial charge in [0.25, 0.3) is 5.91 Å². The van der Waals surface area contributed by atoms with Crippen LogP contribution in [-0.4, -0.2) is 83.2 Å². The molecule has 1 N–H and O–H groups in total. The van der Waals surface area contributed by atoms with E-state index in [9.17, 15) is 19.5 Å². The molecule has 3 saturated heterocycles. The lowest BCUT2D eigenvalue weighted by molar-refractivity contribution is -0.154. The molecule has 3 fully saturated rings. The number of nitrogens with zero attached hydrogens (tertiary/aromatic N) is 3. The number of thioether (sulfide) groups is 1. The maximum Gasteiger partial charge on any atom is 0.310 e. The van der Waals surface area contributed by atoms with E-state index in [1.807, 2.05) is 24.3 Å². The predicted molar refractivity (Wildman–Crippen MR) is 165 cm³/mol. The summed E-state index contributed by atoms with van der Waals surface area (Å²) in [5, 5.41) is 9.39. The van der Waals surface area contributed by atoms with Gasteiger partial charge in [0, 0.05) is 49.4 Å². The molecule has 3 heterocycles. The lowest BCUT2D eigenvalue weighted by Gasteiger charge is -2.37. The van der Waals surface area contributed by atoms with Crippen LogP contribution in [0.1, 0.15) is 52.4 Å². The smallest absolute Gasteiger partial charge is 0.310 e. The Hall–Kier alpha value is -2.78. The number of allylic oxidation sites excluding steroid dienone is 1. The maximum absolute atomic E-state index is 14.6. The molecule has 8 nitrogen and oxygen atoms in total. The Kier molecular flexibility index (Phi) is 10.6. The lowest BCUT2D eigenvalue weighted by atomic mass is 9.71. The number of amides is 2. The van der Waals surface area contributed by atoms with Crippen LogP contribution in [0.15, 0.2) is 49.6 Å². The summed E-state index contributed by atoms with van der Waals surface area (Å²) in [4.78, 5) is 47.7. The zero-order chi connectivity index (χ0) is 29.6. The van der Waals surface area contributed by atoms with Gasteiger partial charge in [-0.3, -0.25) is 14.4 Å². The van der Waals surface area contributed by atoms with Gasteiger partial charge in [-0.05, 0) is 76.6 Å². The van der Waals surface area contributed by atoms with Gasteiger partial charge in [-0.1, -0.05) is 12.2 Å². The highest BCUT2D eigenvalue weighted by Gasteiger charge is 2.74. The van der Waals surface area contributed by atoms with Crippen molar-refractivity contribution < 1.29 is 24.2 Å². The van der Waals surface area contributed by atoms with Crippen LogP contribution < -0.4 is 9.80 Å². The van der Waals surface area contributed by atoms with E-state index < -0.39 is 22.6 Å². The number of ether oxygens (including phenoxy) is 1. The number of aliphatic hydroxyl groups is 1. The van der Waals surface area contributed by atoms with Gasteiger partial charge in [-0.2, -0.15) is 0 Å². The summed E-state index contributed by atoms with van der Waals surface area (Å²) in [7, 11) is 0. The first-order valence-electron chi connectivity index (χ1n) is 15.0. The van der Waals surface area contributed by atoms with Crippen molar-refractivity contribution in [1.82, 2.24) is 4.90 Å². The van der Waals surface area contributed by atoms with Crippen LogP contribution in [0.25, 0.3) is 0 Å². The molecule has 2 amide bonds. The third-order valence-electron chi connectivity index (χ3n) is 8.78. The summed E-state index contributed by atoms with van der Waals surface area (Å²) in [6.07, 6.45) is 7.55. The van der Waals surface area contributed by atoms with Crippen molar-refractivity contribution in [2.24, 2.45) is 11.8 Å². The van der Waals surface area contributed by atoms with Gasteiger partial charge in [0.2, 0.25) is 5.91 Å². The zero-order valence-electron chi connectivity index (χ0n) is 24.5. The van der Waals surface area contributed by atoms with Gasteiger partial charge in [-0.25, -0.2) is 0 Å². The molecular weight excluding hydrogens is 538 g/mol. The highest BCUT2D eigenvalue weighted by Crippen LogP contribution is 2.66. The summed E-state index contributed by atoms with van der Waals surface area (Å²) >= 11 is 1.65. The summed E-state index contributed by atoms with van der Waals surface area (Å²) < 4.78 is 4.97. The predicted octanol–water partition coefficient (Wildman–Crippen LogP) is 4.42. The van der Waals surface area contributed by atoms with Crippen LogP contribution in [-0.2, 0) is 19.1 Å². The Morgan fingerprint density at radius 2 is 1.83 bits per heavy atom. The largest absolute Gasteiger partial charge is 0.465 e. The van der Waals surface area contributed by atoms with Crippen molar-refractivity contribution in [1.29, 1.82) is 0 Å². The number of carbonyl (C=O) groups excluding carboxylic acids is 3. The quantitative estimate of drug-likeness (QED) is 0.175. The fraction of sp³-hybridized carbons (Fsp3) is 0.594. The van der Waals surface area contributed by atoms with Crippen LogP contribution in [0, 0.1) is 11.8 Å². The first kappa shape index (κ1) is 31.2. The molecule has 4 rings (SSSR count). The zero-order valence-corrected chi connectivity index (χ0v) is 25.3. The Balaban J connectivity index is 1.66. The molecule has 1 aromatic carbocycles.